The van der Waals surface area contributed by atoms with E-state index in [0.29, 0.717) is 12.2 Å². The van der Waals surface area contributed by atoms with Crippen LogP contribution in [0.4, 0.5) is 14.5 Å². The highest BCUT2D eigenvalue weighted by atomic mass is 19.1. The molecule has 2 aromatic rings. The second-order valence-corrected chi connectivity index (χ2v) is 3.86. The number of anilines is 1. The van der Waals surface area contributed by atoms with Crippen molar-refractivity contribution >= 4 is 5.69 Å². The summed E-state index contributed by atoms with van der Waals surface area (Å²) in [6.07, 6.45) is 3.98. The van der Waals surface area contributed by atoms with Gasteiger partial charge in [-0.3, -0.25) is 0 Å². The van der Waals surface area contributed by atoms with E-state index in [1.54, 1.807) is 0 Å². The summed E-state index contributed by atoms with van der Waals surface area (Å²) in [6.45, 7) is 3.52. The van der Waals surface area contributed by atoms with E-state index in [1.165, 1.54) is 12.1 Å². The number of benzene rings is 1. The Morgan fingerprint density at radius 2 is 1.88 bits per heavy atom. The fourth-order valence-corrected chi connectivity index (χ4v) is 1.65. The number of aryl methyl sites for hydroxylation is 1. The van der Waals surface area contributed by atoms with E-state index in [9.17, 15) is 8.78 Å². The van der Waals surface area contributed by atoms with Gasteiger partial charge in [-0.1, -0.05) is 0 Å². The summed E-state index contributed by atoms with van der Waals surface area (Å²) in [5.41, 5.74) is 1.53. The van der Waals surface area contributed by atoms with Crippen molar-refractivity contribution in [1.82, 2.24) is 4.57 Å². The summed E-state index contributed by atoms with van der Waals surface area (Å²) >= 11 is 0. The topological polar surface area (TPSA) is 17.0 Å². The van der Waals surface area contributed by atoms with Crippen LogP contribution >= 0.6 is 0 Å². The molecule has 0 unspecified atom stereocenters. The molecule has 0 atom stereocenters. The second kappa shape index (κ2) is 4.99. The number of hydrogen-bond donors (Lipinski definition) is 1. The lowest BCUT2D eigenvalue weighted by Gasteiger charge is -2.05. The molecule has 0 bridgehead atoms. The summed E-state index contributed by atoms with van der Waals surface area (Å²) < 4.78 is 27.9. The predicted octanol–water partition coefficient (Wildman–Crippen LogP) is 3.40. The molecule has 2 rings (SSSR count). The number of nitrogens with one attached hydrogen (secondary N) is 1. The average Bonchev–Trinajstić information content (AvgIpc) is 2.73. The molecule has 0 amide bonds. The quantitative estimate of drug-likeness (QED) is 0.860. The molecule has 0 aliphatic carbocycles. The highest BCUT2D eigenvalue weighted by Crippen LogP contribution is 2.14. The summed E-state index contributed by atoms with van der Waals surface area (Å²) in [5, 5.41) is 2.99. The molecule has 90 valence electrons. The standard InChI is InChI=1S/C13H14F2N2/c1-2-17-4-3-10(9-17)8-16-13-6-11(14)5-12(15)7-13/h3-7,9,16H,2,8H2,1H3. The van der Waals surface area contributed by atoms with Gasteiger partial charge in [0.1, 0.15) is 11.6 Å². The minimum Gasteiger partial charge on any atom is -0.381 e. The molecule has 1 N–H and O–H groups in total. The van der Waals surface area contributed by atoms with Crippen molar-refractivity contribution in [3.8, 4) is 0 Å². The Balaban J connectivity index is 2.01. The van der Waals surface area contributed by atoms with Gasteiger partial charge in [0.25, 0.3) is 0 Å². The Morgan fingerprint density at radius 3 is 2.47 bits per heavy atom. The van der Waals surface area contributed by atoms with Crippen LogP contribution in [0.5, 0.6) is 0 Å². The van der Waals surface area contributed by atoms with Crippen molar-refractivity contribution in [2.75, 3.05) is 5.32 Å². The van der Waals surface area contributed by atoms with Crippen molar-refractivity contribution in [3.05, 3.63) is 53.9 Å². The van der Waals surface area contributed by atoms with Crippen LogP contribution in [0.2, 0.25) is 0 Å². The van der Waals surface area contributed by atoms with Crippen molar-refractivity contribution in [3.63, 3.8) is 0 Å². The molecule has 0 fully saturated rings. The summed E-state index contributed by atoms with van der Waals surface area (Å²) in [7, 11) is 0. The molecule has 4 heteroatoms. The Morgan fingerprint density at radius 1 is 1.18 bits per heavy atom. The van der Waals surface area contributed by atoms with E-state index in [1.807, 2.05) is 23.0 Å². The van der Waals surface area contributed by atoms with E-state index in [2.05, 4.69) is 12.2 Å². The Labute approximate surface area is 98.9 Å². The Kier molecular flexibility index (Phi) is 3.42. The first kappa shape index (κ1) is 11.6. The number of nitrogens with zero attached hydrogens (tertiary/aromatic N) is 1. The normalized spacial score (nSPS) is 10.5. The molecular formula is C13H14F2N2. The zero-order chi connectivity index (χ0) is 12.3. The van der Waals surface area contributed by atoms with Crippen LogP contribution in [-0.4, -0.2) is 4.57 Å². The minimum absolute atomic E-state index is 0.451. The SMILES string of the molecule is CCn1ccc(CNc2cc(F)cc(F)c2)c1. The van der Waals surface area contributed by atoms with Crippen molar-refractivity contribution < 1.29 is 8.78 Å². The largest absolute Gasteiger partial charge is 0.381 e. The first-order valence-corrected chi connectivity index (χ1v) is 5.52. The van der Waals surface area contributed by atoms with E-state index >= 15 is 0 Å². The zero-order valence-corrected chi connectivity index (χ0v) is 9.58. The molecule has 2 nitrogen and oxygen atoms in total. The number of rotatable bonds is 4. The lowest BCUT2D eigenvalue weighted by molar-refractivity contribution is 0.584. The summed E-state index contributed by atoms with van der Waals surface area (Å²) in [4.78, 5) is 0. The second-order valence-electron chi connectivity index (χ2n) is 3.86. The smallest absolute Gasteiger partial charge is 0.128 e. The third-order valence-corrected chi connectivity index (χ3v) is 2.54. The maximum Gasteiger partial charge on any atom is 0.128 e. The maximum absolute atomic E-state index is 12.9. The first-order chi connectivity index (χ1) is 8.17. The van der Waals surface area contributed by atoms with Crippen LogP contribution in [0.3, 0.4) is 0 Å². The number of hydrogen-bond acceptors (Lipinski definition) is 1. The molecule has 0 radical (unpaired) electrons. The van der Waals surface area contributed by atoms with E-state index < -0.39 is 11.6 Å². The molecule has 0 saturated carbocycles. The van der Waals surface area contributed by atoms with Gasteiger partial charge < -0.3 is 9.88 Å². The van der Waals surface area contributed by atoms with Gasteiger partial charge in [0.05, 0.1) is 0 Å². The predicted molar refractivity (Wildman–Crippen MR) is 63.8 cm³/mol. The van der Waals surface area contributed by atoms with Gasteiger partial charge in [0.2, 0.25) is 0 Å². The molecule has 1 aromatic carbocycles. The third-order valence-electron chi connectivity index (χ3n) is 2.54. The molecule has 1 aromatic heterocycles. The fourth-order valence-electron chi connectivity index (χ4n) is 1.65. The van der Waals surface area contributed by atoms with Gasteiger partial charge >= 0.3 is 0 Å². The van der Waals surface area contributed by atoms with Gasteiger partial charge in [-0.25, -0.2) is 8.78 Å². The highest BCUT2D eigenvalue weighted by Gasteiger charge is 2.01. The molecular weight excluding hydrogens is 222 g/mol. The Hall–Kier alpha value is -1.84. The van der Waals surface area contributed by atoms with E-state index in [-0.39, 0.29) is 0 Å². The van der Waals surface area contributed by atoms with Crippen LogP contribution < -0.4 is 5.32 Å². The van der Waals surface area contributed by atoms with Crippen LogP contribution in [-0.2, 0) is 13.1 Å². The zero-order valence-electron chi connectivity index (χ0n) is 9.58. The first-order valence-electron chi connectivity index (χ1n) is 5.52. The van der Waals surface area contributed by atoms with Gasteiger partial charge in [-0.2, -0.15) is 0 Å². The van der Waals surface area contributed by atoms with Gasteiger partial charge in [-0.15, -0.1) is 0 Å². The lowest BCUT2D eigenvalue weighted by Crippen LogP contribution is -1.99. The molecule has 1 heterocycles. The van der Waals surface area contributed by atoms with E-state index in [4.69, 9.17) is 0 Å². The van der Waals surface area contributed by atoms with Crippen LogP contribution in [0, 0.1) is 11.6 Å². The monoisotopic (exact) mass is 236 g/mol. The van der Waals surface area contributed by atoms with Crippen LogP contribution in [0.25, 0.3) is 0 Å². The van der Waals surface area contributed by atoms with Gasteiger partial charge in [0, 0.05) is 37.2 Å². The Bertz CT molecular complexity index is 486. The van der Waals surface area contributed by atoms with Gasteiger partial charge in [-0.05, 0) is 30.7 Å². The molecule has 17 heavy (non-hydrogen) atoms. The van der Waals surface area contributed by atoms with Crippen molar-refractivity contribution in [2.24, 2.45) is 0 Å². The lowest BCUT2D eigenvalue weighted by atomic mass is 10.2. The minimum atomic E-state index is -0.571. The fraction of sp³-hybridized carbons (Fsp3) is 0.231. The van der Waals surface area contributed by atoms with Crippen LogP contribution in [0.15, 0.2) is 36.7 Å². The highest BCUT2D eigenvalue weighted by molar-refractivity contribution is 5.44. The molecule has 0 aliphatic heterocycles. The maximum atomic E-state index is 12.9. The summed E-state index contributed by atoms with van der Waals surface area (Å²) in [5.74, 6) is -1.14. The number of halogens is 2. The van der Waals surface area contributed by atoms with Crippen molar-refractivity contribution in [2.45, 2.75) is 20.0 Å². The van der Waals surface area contributed by atoms with Crippen molar-refractivity contribution in [1.29, 1.82) is 0 Å². The molecule has 0 saturated heterocycles. The third kappa shape index (κ3) is 3.06. The van der Waals surface area contributed by atoms with Crippen LogP contribution in [0.1, 0.15) is 12.5 Å². The van der Waals surface area contributed by atoms with Gasteiger partial charge in [0.15, 0.2) is 0 Å². The average molecular weight is 236 g/mol. The van der Waals surface area contributed by atoms with E-state index in [0.717, 1.165) is 18.2 Å². The summed E-state index contributed by atoms with van der Waals surface area (Å²) in [6, 6.07) is 5.39. The molecule has 0 aliphatic rings. The molecule has 0 spiro atoms. The number of aromatic nitrogens is 1.